The Hall–Kier alpha value is -0.530. The van der Waals surface area contributed by atoms with Crippen molar-refractivity contribution in [2.75, 3.05) is 0 Å². The lowest BCUT2D eigenvalue weighted by Gasteiger charge is -2.20. The van der Waals surface area contributed by atoms with Crippen LogP contribution in [0, 0.1) is 5.92 Å². The van der Waals surface area contributed by atoms with Crippen molar-refractivity contribution >= 4 is 5.97 Å². The Balaban J connectivity index is 3.62. The van der Waals surface area contributed by atoms with Crippen molar-refractivity contribution in [1.82, 2.24) is 0 Å². The predicted octanol–water partition coefficient (Wildman–Crippen LogP) is 3.93. The first kappa shape index (κ1) is 14.5. The molecule has 0 aromatic heterocycles. The first-order valence-electron chi connectivity index (χ1n) is 6.07. The van der Waals surface area contributed by atoms with Crippen LogP contribution >= 0.6 is 0 Å². The van der Waals surface area contributed by atoms with Crippen LogP contribution in [-0.2, 0) is 9.53 Å². The third kappa shape index (κ3) is 9.77. The second-order valence-corrected chi connectivity index (χ2v) is 5.37. The van der Waals surface area contributed by atoms with E-state index in [0.717, 1.165) is 6.42 Å². The molecule has 15 heavy (non-hydrogen) atoms. The van der Waals surface area contributed by atoms with Crippen LogP contribution in [-0.4, -0.2) is 11.6 Å². The topological polar surface area (TPSA) is 26.3 Å². The minimum absolute atomic E-state index is 0.0640. The van der Waals surface area contributed by atoms with Gasteiger partial charge in [-0.15, -0.1) is 0 Å². The zero-order valence-corrected chi connectivity index (χ0v) is 10.9. The molecule has 0 aromatic carbocycles. The predicted molar refractivity (Wildman–Crippen MR) is 63.8 cm³/mol. The average Bonchev–Trinajstić information content (AvgIpc) is 2.08. The van der Waals surface area contributed by atoms with E-state index in [9.17, 15) is 4.79 Å². The average molecular weight is 214 g/mol. The Labute approximate surface area is 94.4 Å². The number of unbranched alkanes of at least 4 members (excludes halogenated alkanes) is 1. The zero-order valence-electron chi connectivity index (χ0n) is 10.9. The van der Waals surface area contributed by atoms with Crippen molar-refractivity contribution < 1.29 is 9.53 Å². The van der Waals surface area contributed by atoms with E-state index in [0.29, 0.717) is 12.3 Å². The van der Waals surface area contributed by atoms with Gasteiger partial charge in [-0.25, -0.2) is 0 Å². The molecule has 0 bridgehead atoms. The largest absolute Gasteiger partial charge is 0.460 e. The monoisotopic (exact) mass is 214 g/mol. The van der Waals surface area contributed by atoms with Crippen molar-refractivity contribution in [1.29, 1.82) is 0 Å². The maximum Gasteiger partial charge on any atom is 0.306 e. The van der Waals surface area contributed by atoms with Gasteiger partial charge in [0, 0.05) is 6.42 Å². The minimum atomic E-state index is -0.344. The molecule has 0 spiro atoms. The number of ether oxygens (including phenoxy) is 1. The molecule has 0 N–H and O–H groups in total. The quantitative estimate of drug-likeness (QED) is 0.626. The molecule has 0 rings (SSSR count). The summed E-state index contributed by atoms with van der Waals surface area (Å²) in [5.41, 5.74) is -0.344. The summed E-state index contributed by atoms with van der Waals surface area (Å²) in [4.78, 5) is 11.4. The smallest absolute Gasteiger partial charge is 0.306 e. The van der Waals surface area contributed by atoms with E-state index in [1.165, 1.54) is 19.3 Å². The van der Waals surface area contributed by atoms with Crippen molar-refractivity contribution in [2.24, 2.45) is 5.92 Å². The lowest BCUT2D eigenvalue weighted by molar-refractivity contribution is -0.155. The summed E-state index contributed by atoms with van der Waals surface area (Å²) in [6.45, 7) is 10.1. The highest BCUT2D eigenvalue weighted by Crippen LogP contribution is 2.16. The Bertz CT molecular complexity index is 179. The molecular formula is C13H26O2. The summed E-state index contributed by atoms with van der Waals surface area (Å²) >= 11 is 0. The molecule has 1 atom stereocenters. The molecule has 2 heteroatoms. The highest BCUT2D eigenvalue weighted by Gasteiger charge is 2.16. The van der Waals surface area contributed by atoms with Gasteiger partial charge in [-0.2, -0.15) is 0 Å². The van der Waals surface area contributed by atoms with Gasteiger partial charge < -0.3 is 4.74 Å². The molecule has 1 unspecified atom stereocenters. The first-order valence-corrected chi connectivity index (χ1v) is 6.07. The van der Waals surface area contributed by atoms with Crippen LogP contribution in [0.5, 0.6) is 0 Å². The Morgan fingerprint density at radius 1 is 1.27 bits per heavy atom. The van der Waals surface area contributed by atoms with E-state index in [1.807, 2.05) is 20.8 Å². The number of rotatable bonds is 6. The van der Waals surface area contributed by atoms with Crippen LogP contribution in [0.2, 0.25) is 0 Å². The molecule has 0 saturated carbocycles. The van der Waals surface area contributed by atoms with Crippen LogP contribution in [0.4, 0.5) is 0 Å². The number of carbonyl (C=O) groups excluding carboxylic acids is 1. The summed E-state index contributed by atoms with van der Waals surface area (Å²) in [6, 6.07) is 0. The van der Waals surface area contributed by atoms with E-state index < -0.39 is 0 Å². The second-order valence-electron chi connectivity index (χ2n) is 5.37. The van der Waals surface area contributed by atoms with Crippen LogP contribution in [0.3, 0.4) is 0 Å². The summed E-state index contributed by atoms with van der Waals surface area (Å²) in [6.07, 6.45) is 5.22. The van der Waals surface area contributed by atoms with Crippen LogP contribution in [0.1, 0.15) is 66.7 Å². The lowest BCUT2D eigenvalue weighted by Crippen LogP contribution is -2.24. The van der Waals surface area contributed by atoms with E-state index in [1.54, 1.807) is 0 Å². The standard InChI is InChI=1S/C13H26O2/c1-6-7-8-11(2)9-10-12(14)15-13(3,4)5/h11H,6-10H2,1-5H3. The molecule has 0 aromatic rings. The Kier molecular flexibility index (Phi) is 6.62. The van der Waals surface area contributed by atoms with Gasteiger partial charge >= 0.3 is 5.97 Å². The van der Waals surface area contributed by atoms with Gasteiger partial charge in [-0.3, -0.25) is 4.79 Å². The second kappa shape index (κ2) is 6.86. The van der Waals surface area contributed by atoms with Gasteiger partial charge in [-0.05, 0) is 33.1 Å². The van der Waals surface area contributed by atoms with E-state index in [2.05, 4.69) is 13.8 Å². The van der Waals surface area contributed by atoms with Gasteiger partial charge in [-0.1, -0.05) is 33.1 Å². The number of esters is 1. The van der Waals surface area contributed by atoms with Crippen LogP contribution in [0.15, 0.2) is 0 Å². The molecule has 0 amide bonds. The fourth-order valence-corrected chi connectivity index (χ4v) is 1.45. The SMILES string of the molecule is CCCCC(C)CCC(=O)OC(C)(C)C. The fraction of sp³-hybridized carbons (Fsp3) is 0.923. The Morgan fingerprint density at radius 3 is 2.33 bits per heavy atom. The molecule has 0 radical (unpaired) electrons. The van der Waals surface area contributed by atoms with Crippen molar-refractivity contribution in [2.45, 2.75) is 72.3 Å². The van der Waals surface area contributed by atoms with E-state index >= 15 is 0 Å². The summed E-state index contributed by atoms with van der Waals surface area (Å²) in [5.74, 6) is 0.573. The Morgan fingerprint density at radius 2 is 1.87 bits per heavy atom. The molecule has 0 aliphatic carbocycles. The number of hydrogen-bond donors (Lipinski definition) is 0. The molecule has 0 saturated heterocycles. The number of carbonyl (C=O) groups is 1. The van der Waals surface area contributed by atoms with E-state index in [4.69, 9.17) is 4.74 Å². The van der Waals surface area contributed by atoms with Crippen molar-refractivity contribution in [3.05, 3.63) is 0 Å². The van der Waals surface area contributed by atoms with E-state index in [-0.39, 0.29) is 11.6 Å². The minimum Gasteiger partial charge on any atom is -0.460 e. The van der Waals surface area contributed by atoms with Gasteiger partial charge in [0.2, 0.25) is 0 Å². The lowest BCUT2D eigenvalue weighted by atomic mass is 9.99. The first-order chi connectivity index (χ1) is 6.85. The molecule has 2 nitrogen and oxygen atoms in total. The summed E-state index contributed by atoms with van der Waals surface area (Å²) in [7, 11) is 0. The molecule has 0 heterocycles. The maximum atomic E-state index is 11.4. The van der Waals surface area contributed by atoms with Gasteiger partial charge in [0.25, 0.3) is 0 Å². The molecule has 0 aliphatic rings. The molecule has 0 aliphatic heterocycles. The van der Waals surface area contributed by atoms with Crippen LogP contribution in [0.25, 0.3) is 0 Å². The third-order valence-corrected chi connectivity index (χ3v) is 2.31. The maximum absolute atomic E-state index is 11.4. The third-order valence-electron chi connectivity index (χ3n) is 2.31. The molecule has 0 fully saturated rings. The summed E-state index contributed by atoms with van der Waals surface area (Å²) < 4.78 is 5.25. The normalized spacial score (nSPS) is 13.7. The fourth-order valence-electron chi connectivity index (χ4n) is 1.45. The number of hydrogen-bond acceptors (Lipinski definition) is 2. The molecule has 90 valence electrons. The molecular weight excluding hydrogens is 188 g/mol. The highest BCUT2D eigenvalue weighted by molar-refractivity contribution is 5.69. The van der Waals surface area contributed by atoms with Crippen LogP contribution < -0.4 is 0 Å². The van der Waals surface area contributed by atoms with Gasteiger partial charge in [0.05, 0.1) is 0 Å². The highest BCUT2D eigenvalue weighted by atomic mass is 16.6. The van der Waals surface area contributed by atoms with Gasteiger partial charge in [0.1, 0.15) is 5.60 Å². The zero-order chi connectivity index (χ0) is 11.9. The van der Waals surface area contributed by atoms with Crippen molar-refractivity contribution in [3.8, 4) is 0 Å². The summed E-state index contributed by atoms with van der Waals surface area (Å²) in [5, 5.41) is 0. The van der Waals surface area contributed by atoms with Crippen molar-refractivity contribution in [3.63, 3.8) is 0 Å². The van der Waals surface area contributed by atoms with Gasteiger partial charge in [0.15, 0.2) is 0 Å².